The van der Waals surface area contributed by atoms with Gasteiger partial charge in [0.05, 0.1) is 6.10 Å². The first-order valence-electron chi connectivity index (χ1n) is 5.65. The minimum absolute atomic E-state index is 0.456. The van der Waals surface area contributed by atoms with Crippen LogP contribution in [-0.2, 0) is 0 Å². The molecule has 0 saturated carbocycles. The number of allylic oxidation sites excluding steroid dienone is 1. The van der Waals surface area contributed by atoms with E-state index in [2.05, 4.69) is 13.0 Å². The SMILES string of the molecule is CCCC/C=C/C(O)c1ccc(C)cc1. The molecular weight excluding hydrogens is 184 g/mol. The molecular formula is C14H20O. The predicted molar refractivity (Wildman–Crippen MR) is 64.8 cm³/mol. The fourth-order valence-corrected chi connectivity index (χ4v) is 1.42. The third-order valence-corrected chi connectivity index (χ3v) is 2.46. The molecule has 1 rings (SSSR count). The summed E-state index contributed by atoms with van der Waals surface area (Å²) >= 11 is 0. The third kappa shape index (κ3) is 4.30. The van der Waals surface area contributed by atoms with E-state index >= 15 is 0 Å². The molecule has 0 amide bonds. The largest absolute Gasteiger partial charge is 0.384 e. The lowest BCUT2D eigenvalue weighted by Crippen LogP contribution is -1.92. The lowest BCUT2D eigenvalue weighted by molar-refractivity contribution is 0.228. The summed E-state index contributed by atoms with van der Waals surface area (Å²) in [4.78, 5) is 0. The van der Waals surface area contributed by atoms with Crippen molar-refractivity contribution in [3.63, 3.8) is 0 Å². The Morgan fingerprint density at radius 2 is 1.93 bits per heavy atom. The van der Waals surface area contributed by atoms with Crippen molar-refractivity contribution in [3.05, 3.63) is 47.5 Å². The van der Waals surface area contributed by atoms with Gasteiger partial charge in [0.2, 0.25) is 0 Å². The summed E-state index contributed by atoms with van der Waals surface area (Å²) < 4.78 is 0. The Hall–Kier alpha value is -1.08. The maximum Gasteiger partial charge on any atom is 0.0971 e. The first-order chi connectivity index (χ1) is 7.24. The van der Waals surface area contributed by atoms with Crippen LogP contribution >= 0.6 is 0 Å². The number of aliphatic hydroxyl groups excluding tert-OH is 1. The number of aliphatic hydroxyl groups is 1. The zero-order valence-corrected chi connectivity index (χ0v) is 9.61. The molecule has 0 heterocycles. The Balaban J connectivity index is 2.49. The minimum atomic E-state index is -0.456. The highest BCUT2D eigenvalue weighted by atomic mass is 16.3. The summed E-state index contributed by atoms with van der Waals surface area (Å²) in [6.07, 6.45) is 6.93. The highest BCUT2D eigenvalue weighted by Crippen LogP contribution is 2.15. The lowest BCUT2D eigenvalue weighted by atomic mass is 10.1. The summed E-state index contributed by atoms with van der Waals surface area (Å²) in [5.74, 6) is 0. The van der Waals surface area contributed by atoms with Crippen molar-refractivity contribution in [3.8, 4) is 0 Å². The molecule has 1 nitrogen and oxygen atoms in total. The standard InChI is InChI=1S/C14H20O/c1-3-4-5-6-7-14(15)13-10-8-12(2)9-11-13/h6-11,14-15H,3-5H2,1-2H3/b7-6+. The molecule has 1 atom stereocenters. The quantitative estimate of drug-likeness (QED) is 0.571. The van der Waals surface area contributed by atoms with E-state index in [4.69, 9.17) is 0 Å². The molecule has 0 aromatic heterocycles. The van der Waals surface area contributed by atoms with Gasteiger partial charge in [0.25, 0.3) is 0 Å². The molecule has 0 bridgehead atoms. The second-order valence-corrected chi connectivity index (χ2v) is 3.93. The first kappa shape index (κ1) is 12.0. The second-order valence-electron chi connectivity index (χ2n) is 3.93. The molecule has 0 aliphatic heterocycles. The fraction of sp³-hybridized carbons (Fsp3) is 0.429. The van der Waals surface area contributed by atoms with Gasteiger partial charge >= 0.3 is 0 Å². The third-order valence-electron chi connectivity index (χ3n) is 2.46. The normalized spacial score (nSPS) is 13.3. The van der Waals surface area contributed by atoms with Gasteiger partial charge in [0.15, 0.2) is 0 Å². The smallest absolute Gasteiger partial charge is 0.0971 e. The maximum atomic E-state index is 9.82. The molecule has 0 aliphatic carbocycles. The van der Waals surface area contributed by atoms with Crippen molar-refractivity contribution in [2.75, 3.05) is 0 Å². The molecule has 0 spiro atoms. The molecule has 0 radical (unpaired) electrons. The van der Waals surface area contributed by atoms with Crippen molar-refractivity contribution in [1.29, 1.82) is 0 Å². The molecule has 1 aromatic rings. The molecule has 1 unspecified atom stereocenters. The highest BCUT2D eigenvalue weighted by Gasteiger charge is 2.01. The lowest BCUT2D eigenvalue weighted by Gasteiger charge is -2.05. The zero-order chi connectivity index (χ0) is 11.1. The van der Waals surface area contributed by atoms with E-state index in [0.29, 0.717) is 0 Å². The van der Waals surface area contributed by atoms with E-state index in [-0.39, 0.29) is 0 Å². The van der Waals surface area contributed by atoms with E-state index in [9.17, 15) is 5.11 Å². The van der Waals surface area contributed by atoms with Crippen molar-refractivity contribution < 1.29 is 5.11 Å². The van der Waals surface area contributed by atoms with Crippen LogP contribution in [0.4, 0.5) is 0 Å². The summed E-state index contributed by atoms with van der Waals surface area (Å²) in [5, 5.41) is 9.82. The number of rotatable bonds is 5. The van der Waals surface area contributed by atoms with E-state index in [1.165, 1.54) is 18.4 Å². The van der Waals surface area contributed by atoms with Crippen LogP contribution in [0.1, 0.15) is 43.4 Å². The van der Waals surface area contributed by atoms with Crippen LogP contribution in [-0.4, -0.2) is 5.11 Å². The van der Waals surface area contributed by atoms with Crippen molar-refractivity contribution >= 4 is 0 Å². The summed E-state index contributed by atoms with van der Waals surface area (Å²) in [6, 6.07) is 8.01. The molecule has 0 aliphatic rings. The van der Waals surface area contributed by atoms with E-state index < -0.39 is 6.10 Å². The van der Waals surface area contributed by atoms with Gasteiger partial charge in [0.1, 0.15) is 0 Å². The molecule has 1 heteroatoms. The average molecular weight is 204 g/mol. The fourth-order valence-electron chi connectivity index (χ4n) is 1.42. The number of benzene rings is 1. The van der Waals surface area contributed by atoms with Crippen LogP contribution in [0.25, 0.3) is 0 Å². The van der Waals surface area contributed by atoms with Crippen molar-refractivity contribution in [2.24, 2.45) is 0 Å². The Kier molecular flexibility index (Phi) is 5.13. The molecule has 82 valence electrons. The van der Waals surface area contributed by atoms with Gasteiger partial charge in [-0.15, -0.1) is 0 Å². The van der Waals surface area contributed by atoms with Gasteiger partial charge in [-0.3, -0.25) is 0 Å². The Morgan fingerprint density at radius 3 is 2.53 bits per heavy atom. The average Bonchev–Trinajstić information content (AvgIpc) is 2.25. The van der Waals surface area contributed by atoms with Gasteiger partial charge in [-0.25, -0.2) is 0 Å². The number of unbranched alkanes of at least 4 members (excludes halogenated alkanes) is 2. The monoisotopic (exact) mass is 204 g/mol. The molecule has 15 heavy (non-hydrogen) atoms. The summed E-state index contributed by atoms with van der Waals surface area (Å²) in [5.41, 5.74) is 2.19. The topological polar surface area (TPSA) is 20.2 Å². The first-order valence-corrected chi connectivity index (χ1v) is 5.65. The Labute approximate surface area is 92.5 Å². The summed E-state index contributed by atoms with van der Waals surface area (Å²) in [6.45, 7) is 4.22. The van der Waals surface area contributed by atoms with E-state index in [0.717, 1.165) is 12.0 Å². The Morgan fingerprint density at radius 1 is 1.27 bits per heavy atom. The van der Waals surface area contributed by atoms with Crippen LogP contribution in [0.2, 0.25) is 0 Å². The molecule has 1 N–H and O–H groups in total. The number of hydrogen-bond acceptors (Lipinski definition) is 1. The second kappa shape index (κ2) is 6.41. The van der Waals surface area contributed by atoms with Crippen LogP contribution in [0, 0.1) is 6.92 Å². The van der Waals surface area contributed by atoms with Crippen LogP contribution in [0.3, 0.4) is 0 Å². The number of hydrogen-bond donors (Lipinski definition) is 1. The molecule has 0 fully saturated rings. The predicted octanol–water partition coefficient (Wildman–Crippen LogP) is 3.77. The molecule has 1 aromatic carbocycles. The van der Waals surface area contributed by atoms with Gasteiger partial charge in [-0.2, -0.15) is 0 Å². The van der Waals surface area contributed by atoms with Crippen LogP contribution in [0.5, 0.6) is 0 Å². The minimum Gasteiger partial charge on any atom is -0.384 e. The van der Waals surface area contributed by atoms with Gasteiger partial charge in [-0.1, -0.05) is 61.7 Å². The van der Waals surface area contributed by atoms with Gasteiger partial charge in [0, 0.05) is 0 Å². The summed E-state index contributed by atoms with van der Waals surface area (Å²) in [7, 11) is 0. The maximum absolute atomic E-state index is 9.82. The zero-order valence-electron chi connectivity index (χ0n) is 9.61. The van der Waals surface area contributed by atoms with Crippen molar-refractivity contribution in [1.82, 2.24) is 0 Å². The van der Waals surface area contributed by atoms with Gasteiger partial charge < -0.3 is 5.11 Å². The van der Waals surface area contributed by atoms with Crippen molar-refractivity contribution in [2.45, 2.75) is 39.2 Å². The molecule has 0 saturated heterocycles. The highest BCUT2D eigenvalue weighted by molar-refractivity contribution is 5.25. The van der Waals surface area contributed by atoms with E-state index in [1.807, 2.05) is 37.3 Å². The van der Waals surface area contributed by atoms with Crippen LogP contribution in [0.15, 0.2) is 36.4 Å². The van der Waals surface area contributed by atoms with E-state index in [1.54, 1.807) is 0 Å². The number of aryl methyl sites for hydroxylation is 1. The van der Waals surface area contributed by atoms with Crippen LogP contribution < -0.4 is 0 Å². The Bertz CT molecular complexity index is 298. The van der Waals surface area contributed by atoms with Gasteiger partial charge in [-0.05, 0) is 18.9 Å².